The molecule has 6 heteroatoms. The predicted molar refractivity (Wildman–Crippen MR) is 100 cm³/mol. The maximum absolute atomic E-state index is 13.2. The highest BCUT2D eigenvalue weighted by Crippen LogP contribution is 2.15. The van der Waals surface area contributed by atoms with Gasteiger partial charge in [-0.25, -0.2) is 9.37 Å². The van der Waals surface area contributed by atoms with E-state index in [1.54, 1.807) is 12.1 Å². The Hall–Kier alpha value is -2.99. The van der Waals surface area contributed by atoms with Crippen LogP contribution in [0.4, 0.5) is 4.39 Å². The number of hydrogen-bond donors (Lipinski definition) is 1. The Kier molecular flexibility index (Phi) is 6.33. The lowest BCUT2D eigenvalue weighted by molar-refractivity contribution is 0.0950. The Morgan fingerprint density at radius 3 is 2.37 bits per heavy atom. The van der Waals surface area contributed by atoms with Crippen LogP contribution in [0.5, 0.6) is 0 Å². The number of hydrogen-bond acceptors (Lipinski definition) is 4. The van der Waals surface area contributed by atoms with Crippen molar-refractivity contribution >= 4 is 5.91 Å². The average molecular weight is 367 g/mol. The van der Waals surface area contributed by atoms with Crippen LogP contribution >= 0.6 is 0 Å². The fourth-order valence-corrected chi connectivity index (χ4v) is 2.79. The molecule has 1 aromatic heterocycles. The van der Waals surface area contributed by atoms with Gasteiger partial charge in [0.25, 0.3) is 5.91 Å². The van der Waals surface area contributed by atoms with Crippen molar-refractivity contribution in [2.45, 2.75) is 26.6 Å². The molecule has 0 unspecified atom stereocenters. The number of aromatic nitrogens is 1. The zero-order chi connectivity index (χ0) is 19.1. The van der Waals surface area contributed by atoms with Crippen molar-refractivity contribution in [3.05, 3.63) is 89.4 Å². The summed E-state index contributed by atoms with van der Waals surface area (Å²) in [4.78, 5) is 18.3. The quantitative estimate of drug-likeness (QED) is 0.658. The van der Waals surface area contributed by atoms with E-state index in [-0.39, 0.29) is 17.4 Å². The molecule has 3 rings (SSSR count). The van der Waals surface area contributed by atoms with Crippen LogP contribution in [0.25, 0.3) is 0 Å². The molecule has 0 aliphatic rings. The van der Waals surface area contributed by atoms with Crippen LogP contribution in [0.2, 0.25) is 0 Å². The number of nitrogens with zero attached hydrogens (tertiary/aromatic N) is 2. The summed E-state index contributed by atoms with van der Waals surface area (Å²) in [7, 11) is 0. The van der Waals surface area contributed by atoms with Crippen molar-refractivity contribution in [1.29, 1.82) is 0 Å². The number of carbonyl (C=O) groups is 1. The minimum absolute atomic E-state index is 0.249. The third kappa shape index (κ3) is 5.49. The lowest BCUT2D eigenvalue weighted by Crippen LogP contribution is -2.24. The summed E-state index contributed by atoms with van der Waals surface area (Å²) in [6.45, 7) is 4.10. The second-order valence-electron chi connectivity index (χ2n) is 6.24. The van der Waals surface area contributed by atoms with E-state index in [4.69, 9.17) is 4.42 Å². The Bertz CT molecular complexity index is 863. The number of nitrogens with one attached hydrogen (secondary N) is 1. The Labute approximate surface area is 157 Å². The van der Waals surface area contributed by atoms with Crippen LogP contribution in [-0.4, -0.2) is 22.3 Å². The van der Waals surface area contributed by atoms with Gasteiger partial charge in [0.1, 0.15) is 12.1 Å². The van der Waals surface area contributed by atoms with E-state index in [0.29, 0.717) is 32.1 Å². The maximum Gasteiger partial charge on any atom is 0.273 e. The highest BCUT2D eigenvalue weighted by atomic mass is 19.1. The van der Waals surface area contributed by atoms with Gasteiger partial charge in [0.15, 0.2) is 5.69 Å². The van der Waals surface area contributed by atoms with Crippen molar-refractivity contribution in [1.82, 2.24) is 15.2 Å². The molecule has 1 heterocycles. The van der Waals surface area contributed by atoms with Gasteiger partial charge in [-0.05, 0) is 30.2 Å². The first kappa shape index (κ1) is 18.8. The number of oxazole rings is 1. The summed E-state index contributed by atoms with van der Waals surface area (Å²) in [6, 6.07) is 16.5. The Morgan fingerprint density at radius 2 is 1.70 bits per heavy atom. The molecule has 0 saturated carbocycles. The number of carbonyl (C=O) groups excluding carboxylic acids is 1. The van der Waals surface area contributed by atoms with Gasteiger partial charge in [-0.3, -0.25) is 9.69 Å². The molecule has 0 saturated heterocycles. The highest BCUT2D eigenvalue weighted by Gasteiger charge is 2.15. The molecule has 0 atom stereocenters. The number of amides is 1. The van der Waals surface area contributed by atoms with Gasteiger partial charge in [-0.2, -0.15) is 0 Å². The van der Waals surface area contributed by atoms with Crippen LogP contribution in [-0.2, 0) is 19.6 Å². The molecule has 140 valence electrons. The zero-order valence-corrected chi connectivity index (χ0v) is 15.2. The molecule has 5 nitrogen and oxygen atoms in total. The molecule has 0 spiro atoms. The van der Waals surface area contributed by atoms with Gasteiger partial charge >= 0.3 is 0 Å². The Balaban J connectivity index is 1.74. The van der Waals surface area contributed by atoms with Crippen LogP contribution in [0.1, 0.15) is 34.4 Å². The molecule has 0 fully saturated rings. The fourth-order valence-electron chi connectivity index (χ4n) is 2.79. The van der Waals surface area contributed by atoms with Crippen LogP contribution in [0.3, 0.4) is 0 Å². The van der Waals surface area contributed by atoms with Gasteiger partial charge in [0, 0.05) is 19.6 Å². The first-order valence-electron chi connectivity index (χ1n) is 8.87. The molecule has 0 bridgehead atoms. The van der Waals surface area contributed by atoms with Gasteiger partial charge in [-0.1, -0.05) is 42.5 Å². The van der Waals surface area contributed by atoms with E-state index >= 15 is 0 Å². The molecule has 1 N–H and O–H groups in total. The second kappa shape index (κ2) is 9.09. The molecule has 0 radical (unpaired) electrons. The molecular formula is C21H22FN3O2. The molecule has 3 aromatic rings. The Morgan fingerprint density at radius 1 is 1.04 bits per heavy atom. The van der Waals surface area contributed by atoms with Crippen molar-refractivity contribution in [2.75, 3.05) is 6.54 Å². The van der Waals surface area contributed by atoms with Crippen LogP contribution < -0.4 is 5.32 Å². The molecule has 2 aromatic carbocycles. The summed E-state index contributed by atoms with van der Waals surface area (Å²) >= 11 is 0. The maximum atomic E-state index is 13.2. The van der Waals surface area contributed by atoms with E-state index in [9.17, 15) is 9.18 Å². The number of benzene rings is 2. The largest absolute Gasteiger partial charge is 0.447 e. The first-order valence-corrected chi connectivity index (χ1v) is 8.87. The van der Waals surface area contributed by atoms with Crippen LogP contribution in [0.15, 0.2) is 65.3 Å². The van der Waals surface area contributed by atoms with Crippen LogP contribution in [0, 0.1) is 5.82 Å². The monoisotopic (exact) mass is 367 g/mol. The van der Waals surface area contributed by atoms with Crippen molar-refractivity contribution < 1.29 is 13.6 Å². The van der Waals surface area contributed by atoms with Gasteiger partial charge < -0.3 is 9.73 Å². The topological polar surface area (TPSA) is 58.4 Å². The normalized spacial score (nSPS) is 10.9. The summed E-state index contributed by atoms with van der Waals surface area (Å²) < 4.78 is 18.7. The highest BCUT2D eigenvalue weighted by molar-refractivity contribution is 5.91. The molecule has 27 heavy (non-hydrogen) atoms. The van der Waals surface area contributed by atoms with E-state index in [0.717, 1.165) is 11.1 Å². The minimum Gasteiger partial charge on any atom is -0.447 e. The SMILES string of the molecule is CCNC(=O)c1coc(CN(Cc2ccccc2)Cc2ccc(F)cc2)n1. The van der Waals surface area contributed by atoms with E-state index in [1.165, 1.54) is 18.4 Å². The zero-order valence-electron chi connectivity index (χ0n) is 15.2. The van der Waals surface area contributed by atoms with E-state index in [2.05, 4.69) is 15.2 Å². The standard InChI is InChI=1S/C21H22FN3O2/c1-2-23-21(26)19-15-27-20(24-19)14-25(12-16-6-4-3-5-7-16)13-17-8-10-18(22)11-9-17/h3-11,15H,2,12-14H2,1H3,(H,23,26). The molecule has 0 aliphatic carbocycles. The number of rotatable bonds is 8. The van der Waals surface area contributed by atoms with Crippen molar-refractivity contribution in [3.63, 3.8) is 0 Å². The van der Waals surface area contributed by atoms with Crippen molar-refractivity contribution in [3.8, 4) is 0 Å². The third-order valence-electron chi connectivity index (χ3n) is 4.05. The summed E-state index contributed by atoms with van der Waals surface area (Å²) in [5.41, 5.74) is 2.41. The first-order chi connectivity index (χ1) is 13.1. The van der Waals surface area contributed by atoms with Gasteiger partial charge in [0.2, 0.25) is 5.89 Å². The summed E-state index contributed by atoms with van der Waals surface area (Å²) in [6.07, 6.45) is 1.37. The lowest BCUT2D eigenvalue weighted by atomic mass is 10.1. The minimum atomic E-state index is -0.257. The lowest BCUT2D eigenvalue weighted by Gasteiger charge is -2.21. The smallest absolute Gasteiger partial charge is 0.273 e. The van der Waals surface area contributed by atoms with Gasteiger partial charge in [0.05, 0.1) is 6.54 Å². The predicted octanol–water partition coefficient (Wildman–Crippen LogP) is 3.77. The van der Waals surface area contributed by atoms with E-state index in [1.807, 2.05) is 37.3 Å². The average Bonchev–Trinajstić information content (AvgIpc) is 3.13. The van der Waals surface area contributed by atoms with Crippen molar-refractivity contribution in [2.24, 2.45) is 0 Å². The summed E-state index contributed by atoms with van der Waals surface area (Å²) in [5.74, 6) is -0.0393. The van der Waals surface area contributed by atoms with Gasteiger partial charge in [-0.15, -0.1) is 0 Å². The fraction of sp³-hybridized carbons (Fsp3) is 0.238. The molecular weight excluding hydrogens is 345 g/mol. The second-order valence-corrected chi connectivity index (χ2v) is 6.24. The molecule has 1 amide bonds. The van der Waals surface area contributed by atoms with E-state index < -0.39 is 0 Å². The third-order valence-corrected chi connectivity index (χ3v) is 4.05. The molecule has 0 aliphatic heterocycles. The number of halogens is 1. The summed E-state index contributed by atoms with van der Waals surface area (Å²) in [5, 5.41) is 2.70.